The molecule has 0 aliphatic carbocycles. The van der Waals surface area contributed by atoms with Gasteiger partial charge in [0.25, 0.3) is 5.91 Å². The van der Waals surface area contributed by atoms with E-state index in [-0.39, 0.29) is 17.8 Å². The number of hydrogen-bond donors (Lipinski definition) is 3. The van der Waals surface area contributed by atoms with Crippen LogP contribution >= 0.6 is 11.3 Å². The van der Waals surface area contributed by atoms with Gasteiger partial charge in [0.05, 0.1) is 11.8 Å². The number of aromatic nitrogens is 2. The molecule has 0 aliphatic rings. The number of unbranched alkanes of at least 4 members (excludes halogenated alkanes) is 1. The third-order valence-electron chi connectivity index (χ3n) is 5.54. The molecular weight excluding hydrogens is 456 g/mol. The van der Waals surface area contributed by atoms with E-state index in [9.17, 15) is 19.6 Å². The SMILES string of the molecule is CCCCc1ncc(C(=O)N(C(=O)NO)C(C)Cc2ccsc2)n1Cc1ccc(C(=O)O)cc1. The Morgan fingerprint density at radius 3 is 2.50 bits per heavy atom. The molecule has 0 radical (unpaired) electrons. The molecule has 3 amide bonds. The average molecular weight is 485 g/mol. The lowest BCUT2D eigenvalue weighted by Crippen LogP contribution is -2.49. The highest BCUT2D eigenvalue weighted by atomic mass is 32.1. The summed E-state index contributed by atoms with van der Waals surface area (Å²) in [6.07, 6.45) is 4.36. The Hall–Kier alpha value is -3.50. The molecule has 0 fully saturated rings. The van der Waals surface area contributed by atoms with E-state index in [1.54, 1.807) is 29.1 Å². The third-order valence-corrected chi connectivity index (χ3v) is 6.27. The number of amides is 3. The quantitative estimate of drug-likeness (QED) is 0.292. The van der Waals surface area contributed by atoms with Gasteiger partial charge >= 0.3 is 12.0 Å². The van der Waals surface area contributed by atoms with E-state index in [1.807, 2.05) is 16.8 Å². The number of thiophene rings is 1. The van der Waals surface area contributed by atoms with Crippen LogP contribution in [0.2, 0.25) is 0 Å². The molecule has 9 nitrogen and oxygen atoms in total. The zero-order chi connectivity index (χ0) is 24.7. The van der Waals surface area contributed by atoms with E-state index < -0.39 is 23.9 Å². The fourth-order valence-corrected chi connectivity index (χ4v) is 4.42. The summed E-state index contributed by atoms with van der Waals surface area (Å²) in [7, 11) is 0. The number of urea groups is 1. The Morgan fingerprint density at radius 2 is 1.91 bits per heavy atom. The lowest BCUT2D eigenvalue weighted by Gasteiger charge is -2.27. The fourth-order valence-electron chi connectivity index (χ4n) is 3.74. The summed E-state index contributed by atoms with van der Waals surface area (Å²) in [6, 6.07) is 6.89. The molecule has 1 aromatic carbocycles. The first-order chi connectivity index (χ1) is 16.3. The maximum atomic E-state index is 13.6. The number of benzene rings is 1. The number of nitrogens with one attached hydrogen (secondary N) is 1. The van der Waals surface area contributed by atoms with Gasteiger partial charge in [0.1, 0.15) is 11.5 Å². The second-order valence-electron chi connectivity index (χ2n) is 8.03. The number of carbonyl (C=O) groups is 3. The minimum Gasteiger partial charge on any atom is -0.478 e. The van der Waals surface area contributed by atoms with Crippen molar-refractivity contribution in [3.63, 3.8) is 0 Å². The molecule has 0 saturated heterocycles. The summed E-state index contributed by atoms with van der Waals surface area (Å²) in [4.78, 5) is 42.7. The molecule has 34 heavy (non-hydrogen) atoms. The molecule has 0 bridgehead atoms. The smallest absolute Gasteiger partial charge is 0.348 e. The van der Waals surface area contributed by atoms with Gasteiger partial charge in [0.2, 0.25) is 0 Å². The maximum absolute atomic E-state index is 13.6. The van der Waals surface area contributed by atoms with Gasteiger partial charge in [0.15, 0.2) is 0 Å². The summed E-state index contributed by atoms with van der Waals surface area (Å²) in [5.41, 5.74) is 3.75. The van der Waals surface area contributed by atoms with Gasteiger partial charge in [-0.25, -0.2) is 20.1 Å². The van der Waals surface area contributed by atoms with Gasteiger partial charge in [0, 0.05) is 19.0 Å². The normalized spacial score (nSPS) is 11.7. The Morgan fingerprint density at radius 1 is 1.18 bits per heavy atom. The second-order valence-corrected chi connectivity index (χ2v) is 8.81. The second kappa shape index (κ2) is 11.6. The summed E-state index contributed by atoms with van der Waals surface area (Å²) in [5.74, 6) is -0.895. The van der Waals surface area contributed by atoms with E-state index >= 15 is 0 Å². The van der Waals surface area contributed by atoms with Crippen LogP contribution < -0.4 is 5.48 Å². The van der Waals surface area contributed by atoms with Crippen molar-refractivity contribution in [2.75, 3.05) is 0 Å². The molecular formula is C24H28N4O5S. The number of aryl methyl sites for hydroxylation is 1. The van der Waals surface area contributed by atoms with Crippen molar-refractivity contribution in [2.24, 2.45) is 0 Å². The highest BCUT2D eigenvalue weighted by Crippen LogP contribution is 2.19. The summed E-state index contributed by atoms with van der Waals surface area (Å²) < 4.78 is 1.75. The standard InChI is InChI=1S/C24H28N4O5S/c1-3-4-5-21-25-13-20(27(21)14-17-6-8-19(9-7-17)23(30)31)22(29)28(24(32)26-33)16(2)12-18-10-11-34-15-18/h6-11,13,15-16,33H,3-5,12,14H2,1-2H3,(H,26,32)(H,30,31). The molecule has 3 aromatic rings. The third kappa shape index (κ3) is 5.89. The minimum atomic E-state index is -1.01. The largest absolute Gasteiger partial charge is 0.478 e. The molecule has 10 heteroatoms. The van der Waals surface area contributed by atoms with Crippen molar-refractivity contribution < 1.29 is 24.7 Å². The van der Waals surface area contributed by atoms with Crippen molar-refractivity contribution in [3.8, 4) is 0 Å². The van der Waals surface area contributed by atoms with E-state index in [0.717, 1.165) is 28.9 Å². The van der Waals surface area contributed by atoms with Gasteiger partial charge in [-0.05, 0) is 59.9 Å². The number of carboxylic acid groups (broad SMARTS) is 1. The van der Waals surface area contributed by atoms with Crippen LogP contribution in [0.25, 0.3) is 0 Å². The van der Waals surface area contributed by atoms with Crippen molar-refractivity contribution >= 4 is 29.2 Å². The van der Waals surface area contributed by atoms with Crippen molar-refractivity contribution in [3.05, 3.63) is 75.5 Å². The van der Waals surface area contributed by atoms with Gasteiger partial charge in [-0.1, -0.05) is 25.5 Å². The number of carboxylic acids is 1. The average Bonchev–Trinajstić information content (AvgIpc) is 3.47. The fraction of sp³-hybridized carbons (Fsp3) is 0.333. The van der Waals surface area contributed by atoms with Gasteiger partial charge < -0.3 is 9.67 Å². The Balaban J connectivity index is 1.95. The van der Waals surface area contributed by atoms with Crippen LogP contribution in [0.15, 0.2) is 47.3 Å². The topological polar surface area (TPSA) is 125 Å². The Labute approximate surface area is 201 Å². The van der Waals surface area contributed by atoms with Crippen LogP contribution in [-0.2, 0) is 19.4 Å². The van der Waals surface area contributed by atoms with Crippen molar-refractivity contribution in [2.45, 2.75) is 52.1 Å². The highest BCUT2D eigenvalue weighted by Gasteiger charge is 2.31. The van der Waals surface area contributed by atoms with E-state index in [4.69, 9.17) is 5.11 Å². The van der Waals surface area contributed by atoms with Crippen molar-refractivity contribution in [1.82, 2.24) is 19.9 Å². The van der Waals surface area contributed by atoms with Gasteiger partial charge in [-0.15, -0.1) is 0 Å². The van der Waals surface area contributed by atoms with E-state index in [2.05, 4.69) is 11.9 Å². The zero-order valence-corrected chi connectivity index (χ0v) is 19.9. The lowest BCUT2D eigenvalue weighted by molar-refractivity contribution is 0.0668. The molecule has 0 aliphatic heterocycles. The van der Waals surface area contributed by atoms with Crippen LogP contribution in [0.5, 0.6) is 0 Å². The van der Waals surface area contributed by atoms with Crippen LogP contribution in [0, 0.1) is 0 Å². The number of imidazole rings is 1. The number of rotatable bonds is 10. The first kappa shape index (κ1) is 25.1. The van der Waals surface area contributed by atoms with Gasteiger partial charge in [-0.2, -0.15) is 11.3 Å². The number of hydroxylamine groups is 1. The molecule has 180 valence electrons. The van der Waals surface area contributed by atoms with Crippen LogP contribution in [-0.4, -0.2) is 48.7 Å². The maximum Gasteiger partial charge on any atom is 0.348 e. The van der Waals surface area contributed by atoms with Crippen LogP contribution in [0.3, 0.4) is 0 Å². The first-order valence-corrected chi connectivity index (χ1v) is 11.9. The predicted molar refractivity (Wildman–Crippen MR) is 127 cm³/mol. The first-order valence-electron chi connectivity index (χ1n) is 11.0. The molecule has 2 aromatic heterocycles. The molecule has 0 saturated carbocycles. The predicted octanol–water partition coefficient (Wildman–Crippen LogP) is 4.21. The molecule has 3 rings (SSSR count). The summed E-state index contributed by atoms with van der Waals surface area (Å²) in [6.45, 7) is 4.09. The van der Waals surface area contributed by atoms with Crippen LogP contribution in [0.1, 0.15) is 64.5 Å². The van der Waals surface area contributed by atoms with E-state index in [0.29, 0.717) is 18.7 Å². The summed E-state index contributed by atoms with van der Waals surface area (Å²) >= 11 is 1.53. The molecule has 1 unspecified atom stereocenters. The highest BCUT2D eigenvalue weighted by molar-refractivity contribution is 7.07. The number of nitrogens with zero attached hydrogens (tertiary/aromatic N) is 3. The Kier molecular flexibility index (Phi) is 8.55. The number of carbonyl (C=O) groups excluding carboxylic acids is 2. The number of aromatic carboxylic acids is 1. The molecule has 3 N–H and O–H groups in total. The number of imide groups is 1. The monoisotopic (exact) mass is 484 g/mol. The van der Waals surface area contributed by atoms with Gasteiger partial charge in [-0.3, -0.25) is 14.9 Å². The van der Waals surface area contributed by atoms with E-state index in [1.165, 1.54) is 29.7 Å². The Bertz CT molecular complexity index is 1120. The van der Waals surface area contributed by atoms with Crippen LogP contribution in [0.4, 0.5) is 4.79 Å². The lowest BCUT2D eigenvalue weighted by atomic mass is 10.1. The molecule has 0 spiro atoms. The summed E-state index contributed by atoms with van der Waals surface area (Å²) in [5, 5.41) is 22.3. The van der Waals surface area contributed by atoms with Crippen molar-refractivity contribution in [1.29, 1.82) is 0 Å². The number of hydrogen-bond acceptors (Lipinski definition) is 6. The molecule has 2 heterocycles. The molecule has 1 atom stereocenters. The zero-order valence-electron chi connectivity index (χ0n) is 19.1. The minimum absolute atomic E-state index is 0.171.